The fourth-order valence-electron chi connectivity index (χ4n) is 3.65. The molecule has 2 fully saturated rings. The zero-order valence-electron chi connectivity index (χ0n) is 17.2. The monoisotopic (exact) mass is 382 g/mol. The Balaban J connectivity index is 1.98. The number of hydrogen-bond donors (Lipinski definition) is 1. The number of carbonyl (C=O) groups excluding carboxylic acids is 3. The highest BCUT2D eigenvalue weighted by atomic mass is 16.6. The second-order valence-corrected chi connectivity index (χ2v) is 8.74. The van der Waals surface area contributed by atoms with E-state index < -0.39 is 29.6 Å². The Labute approximate surface area is 162 Å². The molecule has 4 atom stereocenters. The number of esters is 1. The molecule has 1 saturated carbocycles. The van der Waals surface area contributed by atoms with Gasteiger partial charge in [-0.15, -0.1) is 0 Å². The van der Waals surface area contributed by atoms with Gasteiger partial charge in [0.25, 0.3) is 0 Å². The molecule has 1 aliphatic carbocycles. The van der Waals surface area contributed by atoms with Crippen LogP contribution in [0.15, 0.2) is 0 Å². The number of amides is 2. The van der Waals surface area contributed by atoms with Crippen molar-refractivity contribution in [1.82, 2.24) is 10.2 Å². The minimum Gasteiger partial charge on any atom is -0.467 e. The second-order valence-electron chi connectivity index (χ2n) is 8.74. The first kappa shape index (κ1) is 21.5. The summed E-state index contributed by atoms with van der Waals surface area (Å²) in [6, 6.07) is -1.34. The molecule has 0 aromatic carbocycles. The molecule has 1 heterocycles. The number of nitrogens with one attached hydrogen (secondary N) is 1. The smallest absolute Gasteiger partial charge is 0.408 e. The number of unbranched alkanes of at least 4 members (excludes halogenated alkanes) is 1. The fraction of sp³-hybridized carbons (Fsp3) is 0.850. The number of hydrogen-bond acceptors (Lipinski definition) is 5. The SMILES string of the molecule is CCCCC1CC1OC(=O)NC(C(=O)N1CCCC1C(=O)OC)C(C)(C)C. The molecule has 7 heteroatoms. The maximum absolute atomic E-state index is 13.1. The van der Waals surface area contributed by atoms with Crippen molar-refractivity contribution < 1.29 is 23.9 Å². The van der Waals surface area contributed by atoms with Gasteiger partial charge in [0.2, 0.25) is 5.91 Å². The molecular formula is C20H34N2O5. The predicted molar refractivity (Wildman–Crippen MR) is 101 cm³/mol. The molecule has 7 nitrogen and oxygen atoms in total. The number of ether oxygens (including phenoxy) is 2. The largest absolute Gasteiger partial charge is 0.467 e. The van der Waals surface area contributed by atoms with Crippen LogP contribution in [0.1, 0.15) is 66.2 Å². The van der Waals surface area contributed by atoms with Gasteiger partial charge < -0.3 is 19.7 Å². The number of carbonyl (C=O) groups is 3. The highest BCUT2D eigenvalue weighted by Gasteiger charge is 2.44. The number of rotatable bonds is 7. The van der Waals surface area contributed by atoms with E-state index >= 15 is 0 Å². The maximum atomic E-state index is 13.1. The summed E-state index contributed by atoms with van der Waals surface area (Å²) in [4.78, 5) is 39.0. The minimum atomic E-state index is -0.761. The Kier molecular flexibility index (Phi) is 7.12. The van der Waals surface area contributed by atoms with E-state index in [1.54, 1.807) is 0 Å². The Hall–Kier alpha value is -1.79. The summed E-state index contributed by atoms with van der Waals surface area (Å²) in [5, 5.41) is 2.75. The van der Waals surface area contributed by atoms with Gasteiger partial charge in [-0.2, -0.15) is 0 Å². The lowest BCUT2D eigenvalue weighted by atomic mass is 9.85. The Morgan fingerprint density at radius 3 is 2.56 bits per heavy atom. The quantitative estimate of drug-likeness (QED) is 0.685. The summed E-state index contributed by atoms with van der Waals surface area (Å²) < 4.78 is 10.3. The van der Waals surface area contributed by atoms with Gasteiger partial charge in [0, 0.05) is 6.54 Å². The molecular weight excluding hydrogens is 348 g/mol. The fourth-order valence-corrected chi connectivity index (χ4v) is 3.65. The topological polar surface area (TPSA) is 84.9 Å². The van der Waals surface area contributed by atoms with Crippen molar-refractivity contribution in [2.24, 2.45) is 11.3 Å². The average Bonchev–Trinajstić information content (AvgIpc) is 3.14. The third-order valence-electron chi connectivity index (χ3n) is 5.43. The van der Waals surface area contributed by atoms with Crippen LogP contribution in [0, 0.1) is 11.3 Å². The lowest BCUT2D eigenvalue weighted by Gasteiger charge is -2.34. The summed E-state index contributed by atoms with van der Waals surface area (Å²) in [6.45, 7) is 8.30. The van der Waals surface area contributed by atoms with Gasteiger partial charge >= 0.3 is 12.1 Å². The van der Waals surface area contributed by atoms with E-state index in [0.717, 1.165) is 32.1 Å². The highest BCUT2D eigenvalue weighted by Crippen LogP contribution is 2.38. The van der Waals surface area contributed by atoms with Crippen LogP contribution in [0.25, 0.3) is 0 Å². The Morgan fingerprint density at radius 2 is 1.96 bits per heavy atom. The van der Waals surface area contributed by atoms with E-state index in [-0.39, 0.29) is 12.0 Å². The molecule has 27 heavy (non-hydrogen) atoms. The van der Waals surface area contributed by atoms with Crippen LogP contribution in [0.2, 0.25) is 0 Å². The number of likely N-dealkylation sites (tertiary alicyclic amines) is 1. The third kappa shape index (κ3) is 5.59. The standard InChI is InChI=1S/C20H34N2O5/c1-6-7-9-13-12-15(13)27-19(25)21-16(20(2,3)4)17(23)22-11-8-10-14(22)18(24)26-5/h13-16H,6-12H2,1-5H3,(H,21,25). The molecule has 1 N–H and O–H groups in total. The van der Waals surface area contributed by atoms with Gasteiger partial charge in [0.15, 0.2) is 0 Å². The summed E-state index contributed by atoms with van der Waals surface area (Å²) >= 11 is 0. The van der Waals surface area contributed by atoms with Crippen LogP contribution in [0.4, 0.5) is 4.79 Å². The molecule has 0 radical (unpaired) electrons. The molecule has 0 bridgehead atoms. The van der Waals surface area contributed by atoms with Crippen molar-refractivity contribution in [3.63, 3.8) is 0 Å². The van der Waals surface area contributed by atoms with Gasteiger partial charge in [-0.1, -0.05) is 40.5 Å². The number of alkyl carbamates (subject to hydrolysis) is 1. The summed E-state index contributed by atoms with van der Waals surface area (Å²) in [5.41, 5.74) is -0.509. The molecule has 1 aliphatic heterocycles. The first-order chi connectivity index (χ1) is 12.7. The van der Waals surface area contributed by atoms with Crippen LogP contribution >= 0.6 is 0 Å². The van der Waals surface area contributed by atoms with Gasteiger partial charge in [-0.25, -0.2) is 9.59 Å². The van der Waals surface area contributed by atoms with Crippen molar-refractivity contribution in [1.29, 1.82) is 0 Å². The molecule has 2 rings (SSSR count). The second kappa shape index (κ2) is 8.93. The number of nitrogens with zero attached hydrogens (tertiary/aromatic N) is 1. The van der Waals surface area contributed by atoms with Crippen molar-refractivity contribution in [2.45, 2.75) is 84.4 Å². The first-order valence-electron chi connectivity index (χ1n) is 10.0. The lowest BCUT2D eigenvalue weighted by Crippen LogP contribution is -2.57. The molecule has 2 amide bonds. The zero-order chi connectivity index (χ0) is 20.2. The van der Waals surface area contributed by atoms with Crippen molar-refractivity contribution >= 4 is 18.0 Å². The van der Waals surface area contributed by atoms with E-state index in [9.17, 15) is 14.4 Å². The van der Waals surface area contributed by atoms with Crippen LogP contribution < -0.4 is 5.32 Å². The highest BCUT2D eigenvalue weighted by molar-refractivity contribution is 5.90. The first-order valence-corrected chi connectivity index (χ1v) is 10.0. The molecule has 4 unspecified atom stereocenters. The lowest BCUT2D eigenvalue weighted by molar-refractivity contribution is -0.152. The molecule has 2 aliphatic rings. The number of methoxy groups -OCH3 is 1. The predicted octanol–water partition coefficient (Wildman–Crippen LogP) is 2.87. The molecule has 0 aromatic heterocycles. The van der Waals surface area contributed by atoms with Crippen LogP contribution in [0.5, 0.6) is 0 Å². The molecule has 0 aromatic rings. The minimum absolute atomic E-state index is 0.0399. The van der Waals surface area contributed by atoms with Crippen LogP contribution in [-0.4, -0.2) is 54.7 Å². The maximum Gasteiger partial charge on any atom is 0.408 e. The van der Waals surface area contributed by atoms with Gasteiger partial charge in [-0.3, -0.25) is 4.79 Å². The van der Waals surface area contributed by atoms with Crippen molar-refractivity contribution in [3.8, 4) is 0 Å². The van der Waals surface area contributed by atoms with Crippen LogP contribution in [-0.2, 0) is 19.1 Å². The van der Waals surface area contributed by atoms with Gasteiger partial charge in [0.05, 0.1) is 7.11 Å². The van der Waals surface area contributed by atoms with Crippen molar-refractivity contribution in [3.05, 3.63) is 0 Å². The van der Waals surface area contributed by atoms with Gasteiger partial charge in [0.1, 0.15) is 18.2 Å². The summed E-state index contributed by atoms with van der Waals surface area (Å²) in [6.07, 6.45) is 4.98. The third-order valence-corrected chi connectivity index (χ3v) is 5.43. The summed E-state index contributed by atoms with van der Waals surface area (Å²) in [5.74, 6) is -0.222. The normalized spacial score (nSPS) is 25.7. The van der Waals surface area contributed by atoms with E-state index in [0.29, 0.717) is 18.9 Å². The molecule has 1 saturated heterocycles. The van der Waals surface area contributed by atoms with Gasteiger partial charge in [-0.05, 0) is 37.0 Å². The van der Waals surface area contributed by atoms with E-state index in [1.165, 1.54) is 12.0 Å². The van der Waals surface area contributed by atoms with Crippen molar-refractivity contribution in [2.75, 3.05) is 13.7 Å². The molecule has 0 spiro atoms. The zero-order valence-corrected chi connectivity index (χ0v) is 17.2. The average molecular weight is 383 g/mol. The molecule has 154 valence electrons. The van der Waals surface area contributed by atoms with E-state index in [2.05, 4.69) is 12.2 Å². The van der Waals surface area contributed by atoms with E-state index in [4.69, 9.17) is 9.47 Å². The van der Waals surface area contributed by atoms with Crippen LogP contribution in [0.3, 0.4) is 0 Å². The van der Waals surface area contributed by atoms with E-state index in [1.807, 2.05) is 20.8 Å². The Morgan fingerprint density at radius 1 is 1.26 bits per heavy atom. The summed E-state index contributed by atoms with van der Waals surface area (Å²) in [7, 11) is 1.32. The Bertz CT molecular complexity index is 557.